The molecule has 0 spiro atoms. The van der Waals surface area contributed by atoms with Gasteiger partial charge in [-0.1, -0.05) is 0 Å². The third-order valence-electron chi connectivity index (χ3n) is 6.25. The van der Waals surface area contributed by atoms with Gasteiger partial charge in [-0.2, -0.15) is 0 Å². The zero-order valence-electron chi connectivity index (χ0n) is 24.2. The predicted octanol–water partition coefficient (Wildman–Crippen LogP) is 4.35. The van der Waals surface area contributed by atoms with Gasteiger partial charge in [0, 0.05) is 0 Å². The van der Waals surface area contributed by atoms with Gasteiger partial charge in [-0.05, 0) is 0 Å². The molecule has 1 atom stereocenters. The zero-order valence-corrected chi connectivity index (χ0v) is 25.9. The van der Waals surface area contributed by atoms with E-state index >= 15 is 0 Å². The van der Waals surface area contributed by atoms with E-state index in [2.05, 4.69) is 0 Å². The van der Waals surface area contributed by atoms with Gasteiger partial charge in [0.05, 0.1) is 0 Å². The molecule has 0 bridgehead atoms. The molecule has 2 aromatic rings. The first kappa shape index (κ1) is 31.4. The third-order valence-corrected chi connectivity index (χ3v) is 9.18. The van der Waals surface area contributed by atoms with E-state index in [1.165, 1.54) is 0 Å². The van der Waals surface area contributed by atoms with Crippen LogP contribution in [0.1, 0.15) is 66.4 Å². The molecule has 1 aliphatic rings. The summed E-state index contributed by atoms with van der Waals surface area (Å²) in [5.74, 6) is -2.09. The third kappa shape index (κ3) is 7.52. The molecule has 1 unspecified atom stereocenters. The first-order chi connectivity index (χ1) is 18.6. The molecule has 0 aliphatic heterocycles. The number of ketones is 1. The predicted molar refractivity (Wildman–Crippen MR) is 150 cm³/mol. The number of carbonyl (C=O) groups excluding carboxylic acids is 4. The average molecular weight is 618 g/mol. The van der Waals surface area contributed by atoms with Crippen molar-refractivity contribution >= 4 is 43.1 Å². The summed E-state index contributed by atoms with van der Waals surface area (Å²) in [4.78, 5) is 55.3. The van der Waals surface area contributed by atoms with Crippen LogP contribution >= 0.6 is 0 Å². The van der Waals surface area contributed by atoms with Gasteiger partial charge in [0.25, 0.3) is 0 Å². The van der Waals surface area contributed by atoms with Crippen molar-refractivity contribution in [2.24, 2.45) is 5.41 Å². The quantitative estimate of drug-likeness (QED) is 0.187. The number of Topliss-reactive ketones (excluding diaryl/α,β-unsaturated/α-hetero) is 1. The van der Waals surface area contributed by atoms with E-state index in [-0.39, 0.29) is 31.7 Å². The SMILES string of the molecule is COc1ccc(COC(=O)C2([Se]c3ccccc3)CC(C(=O)OC(C)(C)C)(C(=O)OC(C)(C)C)CCC2=O)cc1. The fourth-order valence-corrected chi connectivity index (χ4v) is 7.20. The Morgan fingerprint density at radius 2 is 1.38 bits per heavy atom. The van der Waals surface area contributed by atoms with Crippen LogP contribution in [0.15, 0.2) is 54.6 Å². The van der Waals surface area contributed by atoms with Gasteiger partial charge in [0.2, 0.25) is 0 Å². The molecule has 1 saturated carbocycles. The number of hydrogen-bond acceptors (Lipinski definition) is 8. The zero-order chi connectivity index (χ0) is 29.8. The molecule has 1 aliphatic carbocycles. The van der Waals surface area contributed by atoms with Crippen LogP contribution in [0.3, 0.4) is 0 Å². The molecule has 0 amide bonds. The van der Waals surface area contributed by atoms with Crippen molar-refractivity contribution < 1.29 is 38.1 Å². The maximum atomic E-state index is 14.0. The average Bonchev–Trinajstić information content (AvgIpc) is 2.87. The second kappa shape index (κ2) is 12.1. The summed E-state index contributed by atoms with van der Waals surface area (Å²) in [7, 11) is 1.56. The van der Waals surface area contributed by atoms with Gasteiger partial charge in [0.15, 0.2) is 0 Å². The molecule has 216 valence electrons. The molecule has 8 nitrogen and oxygen atoms in total. The fourth-order valence-electron chi connectivity index (χ4n) is 4.32. The second-order valence-electron chi connectivity index (χ2n) is 11.9. The van der Waals surface area contributed by atoms with Crippen LogP contribution in [-0.4, -0.2) is 57.0 Å². The number of carbonyl (C=O) groups is 4. The van der Waals surface area contributed by atoms with Crippen molar-refractivity contribution in [3.8, 4) is 5.75 Å². The minimum atomic E-state index is -1.86. The first-order valence-electron chi connectivity index (χ1n) is 13.1. The van der Waals surface area contributed by atoms with E-state index in [9.17, 15) is 19.2 Å². The molecule has 2 aromatic carbocycles. The van der Waals surface area contributed by atoms with Crippen LogP contribution < -0.4 is 9.20 Å². The monoisotopic (exact) mass is 618 g/mol. The molecular formula is C31H38O8Se. The van der Waals surface area contributed by atoms with E-state index in [0.717, 1.165) is 4.46 Å². The summed E-state index contributed by atoms with van der Waals surface area (Å²) in [5, 5.41) is 0. The van der Waals surface area contributed by atoms with Crippen LogP contribution in [0.5, 0.6) is 5.75 Å². The van der Waals surface area contributed by atoms with Gasteiger partial charge in [-0.15, -0.1) is 0 Å². The Morgan fingerprint density at radius 3 is 1.88 bits per heavy atom. The van der Waals surface area contributed by atoms with Gasteiger partial charge in [0.1, 0.15) is 0 Å². The number of rotatable bonds is 8. The molecule has 0 aromatic heterocycles. The fraction of sp³-hybridized carbons (Fsp3) is 0.484. The van der Waals surface area contributed by atoms with Crippen LogP contribution in [0.4, 0.5) is 0 Å². The molecule has 3 rings (SSSR count). The van der Waals surface area contributed by atoms with Crippen molar-refractivity contribution in [2.45, 2.75) is 82.9 Å². The maximum absolute atomic E-state index is 14.0. The molecule has 40 heavy (non-hydrogen) atoms. The van der Waals surface area contributed by atoms with Crippen molar-refractivity contribution in [1.29, 1.82) is 0 Å². The number of benzene rings is 2. The van der Waals surface area contributed by atoms with E-state index in [1.54, 1.807) is 72.9 Å². The van der Waals surface area contributed by atoms with E-state index in [1.807, 2.05) is 30.3 Å². The molecule has 0 radical (unpaired) electrons. The van der Waals surface area contributed by atoms with E-state index in [4.69, 9.17) is 18.9 Å². The topological polar surface area (TPSA) is 105 Å². The van der Waals surface area contributed by atoms with E-state index < -0.39 is 53.8 Å². The van der Waals surface area contributed by atoms with Gasteiger partial charge < -0.3 is 0 Å². The van der Waals surface area contributed by atoms with Crippen molar-refractivity contribution in [3.63, 3.8) is 0 Å². The molecule has 0 heterocycles. The summed E-state index contributed by atoms with van der Waals surface area (Å²) >= 11 is -0.808. The Balaban J connectivity index is 2.07. The number of ether oxygens (including phenoxy) is 4. The van der Waals surface area contributed by atoms with Crippen LogP contribution in [0.25, 0.3) is 0 Å². The van der Waals surface area contributed by atoms with Gasteiger partial charge in [-0.3, -0.25) is 0 Å². The van der Waals surface area contributed by atoms with Gasteiger partial charge in [-0.25, -0.2) is 0 Å². The standard InChI is InChI=1S/C31H38O8Se/c1-28(2,3)38-25(33)30(26(34)39-29(4,5)6)18-17-24(32)31(20-30,40-23-11-9-8-10-12-23)27(35)37-19-21-13-15-22(36-7)16-14-21/h8-16H,17-20H2,1-7H3. The summed E-state index contributed by atoms with van der Waals surface area (Å²) in [6.07, 6.45) is -0.683. The van der Waals surface area contributed by atoms with Crippen LogP contribution in [0.2, 0.25) is 4.31 Å². The molecule has 0 saturated heterocycles. The van der Waals surface area contributed by atoms with E-state index in [0.29, 0.717) is 11.3 Å². The minimum absolute atomic E-state index is 0.0887. The second-order valence-corrected chi connectivity index (χ2v) is 14.7. The molecule has 0 N–H and O–H groups in total. The Kier molecular flexibility index (Phi) is 9.53. The van der Waals surface area contributed by atoms with Crippen molar-refractivity contribution in [3.05, 3.63) is 60.2 Å². The van der Waals surface area contributed by atoms with Crippen LogP contribution in [0, 0.1) is 5.41 Å². The summed E-state index contributed by atoms with van der Waals surface area (Å²) < 4.78 is 21.4. The Hall–Kier alpha value is -3.16. The Bertz CT molecular complexity index is 1200. The van der Waals surface area contributed by atoms with Crippen LogP contribution in [-0.2, 0) is 40.0 Å². The van der Waals surface area contributed by atoms with Crippen molar-refractivity contribution in [1.82, 2.24) is 0 Å². The summed E-state index contributed by atoms with van der Waals surface area (Å²) in [6.45, 7) is 10.1. The number of methoxy groups -OCH3 is 1. The Labute approximate surface area is 242 Å². The normalized spacial score (nSPS) is 18.9. The molecule has 1 fully saturated rings. The molecule has 9 heteroatoms. The summed E-state index contributed by atoms with van der Waals surface area (Å²) in [5.41, 5.74) is -2.97. The number of esters is 3. The first-order valence-corrected chi connectivity index (χ1v) is 14.9. The van der Waals surface area contributed by atoms with Crippen molar-refractivity contribution in [2.75, 3.05) is 7.11 Å². The molecular weight excluding hydrogens is 579 g/mol. The Morgan fingerprint density at radius 1 is 0.825 bits per heavy atom. The summed E-state index contributed by atoms with van der Waals surface area (Å²) in [6, 6.07) is 16.1. The van der Waals surface area contributed by atoms with Gasteiger partial charge >= 0.3 is 243 Å². The number of hydrogen-bond donors (Lipinski definition) is 0.